The smallest absolute Gasteiger partial charge is 0.213 e. The van der Waals surface area contributed by atoms with Crippen molar-refractivity contribution in [3.63, 3.8) is 0 Å². The van der Waals surface area contributed by atoms with E-state index in [2.05, 4.69) is 31.1 Å². The van der Waals surface area contributed by atoms with Gasteiger partial charge in [-0.05, 0) is 6.92 Å². The Morgan fingerprint density at radius 2 is 2.44 bits per heavy atom. The number of nitriles is 1. The second-order valence-corrected chi connectivity index (χ2v) is 3.25. The maximum absolute atomic E-state index is 8.98. The maximum Gasteiger partial charge on any atom is 0.213 e. The second kappa shape index (κ2) is 4.02. The SMILES string of the molecule is Cc1nn(C)c(NCc2ncon2)c1C#N. The van der Waals surface area contributed by atoms with Crippen LogP contribution in [0.5, 0.6) is 0 Å². The van der Waals surface area contributed by atoms with Crippen LogP contribution in [0.1, 0.15) is 17.1 Å². The molecule has 0 radical (unpaired) electrons. The molecule has 2 rings (SSSR count). The number of anilines is 1. The van der Waals surface area contributed by atoms with Crippen molar-refractivity contribution < 1.29 is 4.52 Å². The highest BCUT2D eigenvalue weighted by molar-refractivity contribution is 5.54. The minimum absolute atomic E-state index is 0.393. The number of nitrogens with zero attached hydrogens (tertiary/aromatic N) is 5. The minimum atomic E-state index is 0.393. The van der Waals surface area contributed by atoms with Gasteiger partial charge in [0.15, 0.2) is 5.82 Å². The highest BCUT2D eigenvalue weighted by Crippen LogP contribution is 2.17. The molecular formula is C9H10N6O. The van der Waals surface area contributed by atoms with Crippen molar-refractivity contribution in [1.29, 1.82) is 5.26 Å². The Balaban J connectivity index is 2.19. The van der Waals surface area contributed by atoms with Crippen molar-refractivity contribution in [3.8, 4) is 6.07 Å². The van der Waals surface area contributed by atoms with Crippen molar-refractivity contribution in [1.82, 2.24) is 19.9 Å². The Morgan fingerprint density at radius 1 is 1.62 bits per heavy atom. The van der Waals surface area contributed by atoms with E-state index in [1.165, 1.54) is 6.39 Å². The fourth-order valence-electron chi connectivity index (χ4n) is 1.43. The predicted octanol–water partition coefficient (Wildman–Crippen LogP) is 0.595. The van der Waals surface area contributed by atoms with Gasteiger partial charge in [0.25, 0.3) is 0 Å². The molecular weight excluding hydrogens is 208 g/mol. The van der Waals surface area contributed by atoms with E-state index in [4.69, 9.17) is 5.26 Å². The average molecular weight is 218 g/mol. The Morgan fingerprint density at radius 3 is 3.06 bits per heavy atom. The van der Waals surface area contributed by atoms with Crippen molar-refractivity contribution in [2.75, 3.05) is 5.32 Å². The van der Waals surface area contributed by atoms with Crippen molar-refractivity contribution in [3.05, 3.63) is 23.5 Å². The molecule has 1 N–H and O–H groups in total. The molecule has 0 spiro atoms. The monoisotopic (exact) mass is 218 g/mol. The first-order valence-electron chi connectivity index (χ1n) is 4.65. The van der Waals surface area contributed by atoms with Crippen LogP contribution in [0, 0.1) is 18.3 Å². The summed E-state index contributed by atoms with van der Waals surface area (Å²) in [7, 11) is 1.77. The third-order valence-electron chi connectivity index (χ3n) is 2.15. The highest BCUT2D eigenvalue weighted by Gasteiger charge is 2.12. The van der Waals surface area contributed by atoms with Gasteiger partial charge in [0.1, 0.15) is 17.5 Å². The summed E-state index contributed by atoms with van der Waals surface area (Å²) in [4.78, 5) is 3.87. The zero-order chi connectivity index (χ0) is 11.5. The molecule has 0 aromatic carbocycles. The minimum Gasteiger partial charge on any atom is -0.362 e. The fourth-order valence-corrected chi connectivity index (χ4v) is 1.43. The van der Waals surface area contributed by atoms with Gasteiger partial charge in [0.05, 0.1) is 12.2 Å². The number of hydrogen-bond donors (Lipinski definition) is 1. The molecule has 0 aliphatic rings. The molecule has 2 heterocycles. The van der Waals surface area contributed by atoms with Gasteiger partial charge in [-0.25, -0.2) is 0 Å². The van der Waals surface area contributed by atoms with Gasteiger partial charge in [-0.3, -0.25) is 4.68 Å². The first-order valence-corrected chi connectivity index (χ1v) is 4.65. The summed E-state index contributed by atoms with van der Waals surface area (Å²) in [6.45, 7) is 2.18. The molecule has 7 heteroatoms. The molecule has 0 unspecified atom stereocenters. The van der Waals surface area contributed by atoms with Crippen LogP contribution in [0.2, 0.25) is 0 Å². The van der Waals surface area contributed by atoms with Gasteiger partial charge in [0.2, 0.25) is 6.39 Å². The number of rotatable bonds is 3. The van der Waals surface area contributed by atoms with Crippen LogP contribution in [0.4, 0.5) is 5.82 Å². The summed E-state index contributed by atoms with van der Waals surface area (Å²) in [6, 6.07) is 2.10. The molecule has 0 saturated heterocycles. The van der Waals surface area contributed by atoms with Crippen LogP contribution < -0.4 is 5.32 Å². The Hall–Kier alpha value is -2.36. The van der Waals surface area contributed by atoms with Crippen LogP contribution in [-0.2, 0) is 13.6 Å². The zero-order valence-electron chi connectivity index (χ0n) is 8.93. The number of aromatic nitrogens is 4. The van der Waals surface area contributed by atoms with Gasteiger partial charge in [-0.15, -0.1) is 0 Å². The largest absolute Gasteiger partial charge is 0.362 e. The molecule has 0 aliphatic heterocycles. The molecule has 0 fully saturated rings. The summed E-state index contributed by atoms with van der Waals surface area (Å²) in [5.74, 6) is 1.19. The molecule has 7 nitrogen and oxygen atoms in total. The van der Waals surface area contributed by atoms with Crippen LogP contribution in [0.15, 0.2) is 10.9 Å². The maximum atomic E-state index is 8.98. The lowest BCUT2D eigenvalue weighted by Crippen LogP contribution is -2.06. The fraction of sp³-hybridized carbons (Fsp3) is 0.333. The molecule has 2 aromatic rings. The topological polar surface area (TPSA) is 92.6 Å². The van der Waals surface area contributed by atoms with Gasteiger partial charge in [-0.2, -0.15) is 15.3 Å². The van der Waals surface area contributed by atoms with E-state index >= 15 is 0 Å². The van der Waals surface area contributed by atoms with Crippen LogP contribution >= 0.6 is 0 Å². The molecule has 0 amide bonds. The first kappa shape index (κ1) is 10.2. The van der Waals surface area contributed by atoms with E-state index in [0.717, 1.165) is 0 Å². The van der Waals surface area contributed by atoms with E-state index in [9.17, 15) is 0 Å². The summed E-state index contributed by atoms with van der Waals surface area (Å²) in [5, 5.41) is 19.8. The van der Waals surface area contributed by atoms with Crippen LogP contribution in [0.3, 0.4) is 0 Å². The molecule has 82 valence electrons. The lowest BCUT2D eigenvalue weighted by molar-refractivity contribution is 0.411. The van der Waals surface area contributed by atoms with E-state index < -0.39 is 0 Å². The molecule has 16 heavy (non-hydrogen) atoms. The number of nitrogens with one attached hydrogen (secondary N) is 1. The summed E-state index contributed by atoms with van der Waals surface area (Å²) < 4.78 is 6.23. The van der Waals surface area contributed by atoms with Crippen LogP contribution in [-0.4, -0.2) is 19.9 Å². The molecule has 0 bridgehead atoms. The van der Waals surface area contributed by atoms with Gasteiger partial charge >= 0.3 is 0 Å². The Kier molecular flexibility index (Phi) is 2.55. The lowest BCUT2D eigenvalue weighted by atomic mass is 10.2. The standard InChI is InChI=1S/C9H10N6O/c1-6-7(3-10)9(15(2)13-6)11-4-8-12-5-16-14-8/h5,11H,4H2,1-2H3. The predicted molar refractivity (Wildman–Crippen MR) is 54.3 cm³/mol. The Labute approximate surface area is 91.7 Å². The van der Waals surface area contributed by atoms with Crippen molar-refractivity contribution in [2.45, 2.75) is 13.5 Å². The summed E-state index contributed by atoms with van der Waals surface area (Å²) in [5.41, 5.74) is 1.23. The second-order valence-electron chi connectivity index (χ2n) is 3.25. The van der Waals surface area contributed by atoms with E-state index in [-0.39, 0.29) is 0 Å². The normalized spacial score (nSPS) is 10.1. The number of hydrogen-bond acceptors (Lipinski definition) is 6. The number of aryl methyl sites for hydroxylation is 2. The van der Waals surface area contributed by atoms with E-state index in [1.54, 1.807) is 18.7 Å². The molecule has 0 aliphatic carbocycles. The summed E-state index contributed by atoms with van der Waals surface area (Å²) >= 11 is 0. The molecule has 0 atom stereocenters. The van der Waals surface area contributed by atoms with Gasteiger partial charge in [0, 0.05) is 7.05 Å². The third-order valence-corrected chi connectivity index (χ3v) is 2.15. The zero-order valence-corrected chi connectivity index (χ0v) is 8.93. The average Bonchev–Trinajstić information content (AvgIpc) is 2.83. The summed E-state index contributed by atoms with van der Waals surface area (Å²) in [6.07, 6.45) is 1.26. The van der Waals surface area contributed by atoms with Crippen molar-refractivity contribution >= 4 is 5.82 Å². The Bertz CT molecular complexity index is 521. The quantitative estimate of drug-likeness (QED) is 0.810. The van der Waals surface area contributed by atoms with Gasteiger partial charge < -0.3 is 9.84 Å². The van der Waals surface area contributed by atoms with E-state index in [1.807, 2.05) is 0 Å². The third kappa shape index (κ3) is 1.72. The van der Waals surface area contributed by atoms with Gasteiger partial charge in [-0.1, -0.05) is 5.16 Å². The first-order chi connectivity index (χ1) is 7.72. The lowest BCUT2D eigenvalue weighted by Gasteiger charge is -2.03. The molecule has 0 saturated carbocycles. The van der Waals surface area contributed by atoms with E-state index in [0.29, 0.717) is 29.4 Å². The van der Waals surface area contributed by atoms with Crippen LogP contribution in [0.25, 0.3) is 0 Å². The molecule has 2 aromatic heterocycles. The van der Waals surface area contributed by atoms with Crippen molar-refractivity contribution in [2.24, 2.45) is 7.05 Å². The highest BCUT2D eigenvalue weighted by atomic mass is 16.5.